The summed E-state index contributed by atoms with van der Waals surface area (Å²) in [5, 5.41) is 3.02. The van der Waals surface area contributed by atoms with Crippen LogP contribution in [0.25, 0.3) is 0 Å². The SMILES string of the molecule is CC/C=C\C=C(/C)CCC(=O)NCCCN(C)CCN(C)CC. The summed E-state index contributed by atoms with van der Waals surface area (Å²) < 4.78 is 0. The van der Waals surface area contributed by atoms with Gasteiger partial charge in [0.1, 0.15) is 0 Å². The van der Waals surface area contributed by atoms with Gasteiger partial charge in [0.05, 0.1) is 0 Å². The van der Waals surface area contributed by atoms with Crippen LogP contribution in [0.1, 0.15) is 46.5 Å². The Kier molecular flexibility index (Phi) is 13.8. The molecule has 0 aromatic rings. The quantitative estimate of drug-likeness (QED) is 0.418. The van der Waals surface area contributed by atoms with E-state index >= 15 is 0 Å². The van der Waals surface area contributed by atoms with E-state index in [4.69, 9.17) is 0 Å². The molecule has 0 aromatic carbocycles. The fourth-order valence-corrected chi connectivity index (χ4v) is 2.04. The molecule has 0 saturated heterocycles. The summed E-state index contributed by atoms with van der Waals surface area (Å²) in [6.45, 7) is 11.4. The first-order valence-electron chi connectivity index (χ1n) is 8.95. The largest absolute Gasteiger partial charge is 0.356 e. The van der Waals surface area contributed by atoms with Crippen molar-refractivity contribution in [2.24, 2.45) is 0 Å². The van der Waals surface area contributed by atoms with Crippen LogP contribution in [-0.4, -0.2) is 62.5 Å². The lowest BCUT2D eigenvalue weighted by Gasteiger charge is -2.20. The molecule has 0 aliphatic heterocycles. The molecular weight excluding hydrogens is 286 g/mol. The van der Waals surface area contributed by atoms with Crippen LogP contribution in [0.15, 0.2) is 23.8 Å². The molecule has 0 spiro atoms. The molecule has 1 amide bonds. The maximum Gasteiger partial charge on any atom is 0.220 e. The van der Waals surface area contributed by atoms with Crippen molar-refractivity contribution >= 4 is 5.91 Å². The van der Waals surface area contributed by atoms with E-state index in [1.54, 1.807) is 0 Å². The Morgan fingerprint density at radius 2 is 1.74 bits per heavy atom. The van der Waals surface area contributed by atoms with Crippen LogP contribution in [-0.2, 0) is 4.79 Å². The first-order valence-corrected chi connectivity index (χ1v) is 8.95. The van der Waals surface area contributed by atoms with Crippen molar-refractivity contribution in [3.05, 3.63) is 23.8 Å². The monoisotopic (exact) mass is 323 g/mol. The minimum Gasteiger partial charge on any atom is -0.356 e. The number of carbonyl (C=O) groups is 1. The highest BCUT2D eigenvalue weighted by Gasteiger charge is 2.03. The highest BCUT2D eigenvalue weighted by Crippen LogP contribution is 2.04. The summed E-state index contributed by atoms with van der Waals surface area (Å²) in [7, 11) is 4.28. The van der Waals surface area contributed by atoms with Gasteiger partial charge in [0.25, 0.3) is 0 Å². The number of nitrogens with zero attached hydrogens (tertiary/aromatic N) is 2. The number of allylic oxidation sites excluding steroid dienone is 4. The van der Waals surface area contributed by atoms with Crippen molar-refractivity contribution in [3.8, 4) is 0 Å². The van der Waals surface area contributed by atoms with Crippen LogP contribution in [0, 0.1) is 0 Å². The van der Waals surface area contributed by atoms with Gasteiger partial charge in [0.15, 0.2) is 0 Å². The molecule has 0 aliphatic rings. The van der Waals surface area contributed by atoms with Gasteiger partial charge >= 0.3 is 0 Å². The summed E-state index contributed by atoms with van der Waals surface area (Å²) in [6, 6.07) is 0. The maximum atomic E-state index is 11.8. The smallest absolute Gasteiger partial charge is 0.220 e. The zero-order chi connectivity index (χ0) is 17.5. The topological polar surface area (TPSA) is 35.6 Å². The second kappa shape index (κ2) is 14.5. The molecular formula is C19H37N3O. The highest BCUT2D eigenvalue weighted by atomic mass is 16.1. The average molecular weight is 324 g/mol. The third-order valence-corrected chi connectivity index (χ3v) is 3.94. The third-order valence-electron chi connectivity index (χ3n) is 3.94. The van der Waals surface area contributed by atoms with Gasteiger partial charge < -0.3 is 15.1 Å². The molecule has 0 atom stereocenters. The molecule has 0 bridgehead atoms. The van der Waals surface area contributed by atoms with Gasteiger partial charge in [0.2, 0.25) is 5.91 Å². The minimum atomic E-state index is 0.158. The van der Waals surface area contributed by atoms with Crippen molar-refractivity contribution in [1.29, 1.82) is 0 Å². The van der Waals surface area contributed by atoms with Crippen molar-refractivity contribution < 1.29 is 4.79 Å². The molecule has 0 radical (unpaired) electrons. The van der Waals surface area contributed by atoms with Crippen LogP contribution in [0.5, 0.6) is 0 Å². The number of likely N-dealkylation sites (N-methyl/N-ethyl adjacent to an activating group) is 2. The van der Waals surface area contributed by atoms with E-state index in [-0.39, 0.29) is 5.91 Å². The lowest BCUT2D eigenvalue weighted by Crippen LogP contribution is -2.33. The Hall–Kier alpha value is -1.13. The Bertz CT molecular complexity index is 364. The van der Waals surface area contributed by atoms with Gasteiger partial charge in [-0.05, 0) is 53.4 Å². The van der Waals surface area contributed by atoms with E-state index in [0.717, 1.165) is 52.0 Å². The number of hydrogen-bond donors (Lipinski definition) is 1. The van der Waals surface area contributed by atoms with Crippen LogP contribution < -0.4 is 5.32 Å². The molecule has 23 heavy (non-hydrogen) atoms. The van der Waals surface area contributed by atoms with E-state index in [1.165, 1.54) is 5.57 Å². The van der Waals surface area contributed by atoms with E-state index in [9.17, 15) is 4.79 Å². The molecule has 0 aliphatic carbocycles. The summed E-state index contributed by atoms with van der Waals surface area (Å²) in [4.78, 5) is 16.4. The first kappa shape index (κ1) is 21.9. The summed E-state index contributed by atoms with van der Waals surface area (Å²) in [5.41, 5.74) is 1.25. The van der Waals surface area contributed by atoms with Crippen molar-refractivity contribution in [2.75, 3.05) is 46.8 Å². The van der Waals surface area contributed by atoms with Crippen molar-refractivity contribution in [1.82, 2.24) is 15.1 Å². The second-order valence-electron chi connectivity index (χ2n) is 6.25. The summed E-state index contributed by atoms with van der Waals surface area (Å²) >= 11 is 0. The highest BCUT2D eigenvalue weighted by molar-refractivity contribution is 5.76. The predicted molar refractivity (Wildman–Crippen MR) is 101 cm³/mol. The van der Waals surface area contributed by atoms with Crippen LogP contribution in [0.3, 0.4) is 0 Å². The molecule has 0 saturated carbocycles. The molecule has 134 valence electrons. The van der Waals surface area contributed by atoms with E-state index in [2.05, 4.69) is 68.2 Å². The van der Waals surface area contributed by atoms with E-state index in [0.29, 0.717) is 6.42 Å². The van der Waals surface area contributed by atoms with Crippen LogP contribution in [0.4, 0.5) is 0 Å². The standard InChI is InChI=1S/C19H37N3O/c1-6-8-9-11-18(3)12-13-19(23)20-14-10-15-22(5)17-16-21(4)7-2/h8-9,11H,6-7,10,12-17H2,1-5H3,(H,20,23)/b9-8-,18-11+. The lowest BCUT2D eigenvalue weighted by molar-refractivity contribution is -0.121. The lowest BCUT2D eigenvalue weighted by atomic mass is 10.1. The van der Waals surface area contributed by atoms with E-state index < -0.39 is 0 Å². The molecule has 4 heteroatoms. The molecule has 4 nitrogen and oxygen atoms in total. The van der Waals surface area contributed by atoms with Crippen molar-refractivity contribution in [2.45, 2.75) is 46.5 Å². The Morgan fingerprint density at radius 3 is 2.39 bits per heavy atom. The molecule has 0 unspecified atom stereocenters. The van der Waals surface area contributed by atoms with Gasteiger partial charge in [-0.3, -0.25) is 4.79 Å². The minimum absolute atomic E-state index is 0.158. The predicted octanol–water partition coefficient (Wildman–Crippen LogP) is 3.07. The second-order valence-corrected chi connectivity index (χ2v) is 6.25. The van der Waals surface area contributed by atoms with Crippen LogP contribution in [0.2, 0.25) is 0 Å². The maximum absolute atomic E-state index is 11.8. The normalized spacial score (nSPS) is 12.6. The van der Waals surface area contributed by atoms with Gasteiger partial charge in [-0.2, -0.15) is 0 Å². The fraction of sp³-hybridized carbons (Fsp3) is 0.737. The van der Waals surface area contributed by atoms with E-state index in [1.807, 2.05) is 0 Å². The Balaban J connectivity index is 3.67. The summed E-state index contributed by atoms with van der Waals surface area (Å²) in [6.07, 6.45) is 9.76. The van der Waals surface area contributed by atoms with Gasteiger partial charge in [-0.25, -0.2) is 0 Å². The number of nitrogens with one attached hydrogen (secondary N) is 1. The fourth-order valence-electron chi connectivity index (χ4n) is 2.04. The number of hydrogen-bond acceptors (Lipinski definition) is 3. The average Bonchev–Trinajstić information content (AvgIpc) is 2.54. The molecule has 0 aromatic heterocycles. The van der Waals surface area contributed by atoms with Crippen molar-refractivity contribution in [3.63, 3.8) is 0 Å². The van der Waals surface area contributed by atoms with Gasteiger partial charge in [-0.15, -0.1) is 0 Å². The van der Waals surface area contributed by atoms with Gasteiger partial charge in [0, 0.05) is 26.1 Å². The van der Waals surface area contributed by atoms with Gasteiger partial charge in [-0.1, -0.05) is 37.6 Å². The number of amides is 1. The molecule has 0 heterocycles. The summed E-state index contributed by atoms with van der Waals surface area (Å²) in [5.74, 6) is 0.158. The molecule has 1 N–H and O–H groups in total. The number of carbonyl (C=O) groups excluding carboxylic acids is 1. The zero-order valence-electron chi connectivity index (χ0n) is 15.9. The number of rotatable bonds is 13. The molecule has 0 rings (SSSR count). The molecule has 0 fully saturated rings. The zero-order valence-corrected chi connectivity index (χ0v) is 15.9. The Morgan fingerprint density at radius 1 is 1.04 bits per heavy atom. The third kappa shape index (κ3) is 14.2. The first-order chi connectivity index (χ1) is 11.0. The Labute approximate surface area is 143 Å². The van der Waals surface area contributed by atoms with Crippen LogP contribution >= 0.6 is 0 Å².